The van der Waals surface area contributed by atoms with Crippen LogP contribution in [0, 0.1) is 6.92 Å². The van der Waals surface area contributed by atoms with Gasteiger partial charge in [0, 0.05) is 18.4 Å². The predicted molar refractivity (Wildman–Crippen MR) is 117 cm³/mol. The zero-order valence-electron chi connectivity index (χ0n) is 18.0. The van der Waals surface area contributed by atoms with Gasteiger partial charge in [-0.25, -0.2) is 4.68 Å². The summed E-state index contributed by atoms with van der Waals surface area (Å²) in [6.07, 6.45) is 6.97. The van der Waals surface area contributed by atoms with E-state index in [1.54, 1.807) is 0 Å². The van der Waals surface area contributed by atoms with Gasteiger partial charge in [-0.1, -0.05) is 30.9 Å². The van der Waals surface area contributed by atoms with Crippen LogP contribution in [0.1, 0.15) is 74.0 Å². The largest absolute Gasteiger partial charge is 0.393 e. The first-order valence-electron chi connectivity index (χ1n) is 11.5. The fraction of sp³-hybridized carbons (Fsp3) is 0.565. The Morgan fingerprint density at radius 1 is 1.13 bits per heavy atom. The van der Waals surface area contributed by atoms with Gasteiger partial charge in [0.25, 0.3) is 5.56 Å². The number of aliphatic hydroxyl groups excluding tert-OH is 1. The molecule has 3 N–H and O–H groups in total. The molecule has 0 amide bonds. The van der Waals surface area contributed by atoms with Crippen molar-refractivity contribution in [1.82, 2.24) is 25.2 Å². The van der Waals surface area contributed by atoms with Crippen LogP contribution >= 0.6 is 0 Å². The van der Waals surface area contributed by atoms with Crippen LogP contribution in [0.25, 0.3) is 10.9 Å². The molecule has 1 atom stereocenters. The molecule has 2 aliphatic rings. The number of hydrogen-bond donors (Lipinski definition) is 3. The second-order valence-corrected chi connectivity index (χ2v) is 9.24. The van der Waals surface area contributed by atoms with Crippen LogP contribution in [0.5, 0.6) is 0 Å². The van der Waals surface area contributed by atoms with Crippen molar-refractivity contribution in [3.8, 4) is 0 Å². The average Bonchev–Trinajstić information content (AvgIpc) is 3.26. The number of rotatable bonds is 4. The van der Waals surface area contributed by atoms with E-state index >= 15 is 0 Å². The van der Waals surface area contributed by atoms with E-state index in [0.717, 1.165) is 61.1 Å². The van der Waals surface area contributed by atoms with Crippen molar-refractivity contribution in [2.24, 2.45) is 0 Å². The molecule has 3 heterocycles. The number of likely N-dealkylation sites (tertiary alicyclic amines) is 1. The highest BCUT2D eigenvalue weighted by Gasteiger charge is 2.37. The molecule has 0 unspecified atom stereocenters. The first-order chi connectivity index (χ1) is 15.1. The molecule has 1 aliphatic carbocycles. The standard InChI is InChI=1S/C23H30N6O2/c1-15-7-8-20-16(13-15)14-19(23(31)24-20)21(28-11-9-18(30)10-12-28)22-25-26-27-29(22)17-5-3-2-4-6-17/h7-8,13-14,17-18,21,30H,2-6,9-12H2,1H3,(H,24,31)/p+1/t21-/m0/s1. The van der Waals surface area contributed by atoms with Crippen molar-refractivity contribution in [2.45, 2.75) is 70.1 Å². The number of nitrogens with zero attached hydrogens (tertiary/aromatic N) is 4. The number of aromatic nitrogens is 5. The minimum Gasteiger partial charge on any atom is -0.393 e. The highest BCUT2D eigenvalue weighted by Crippen LogP contribution is 2.30. The molecule has 2 fully saturated rings. The number of quaternary nitrogens is 1. The van der Waals surface area contributed by atoms with Crippen molar-refractivity contribution in [3.63, 3.8) is 0 Å². The number of benzene rings is 1. The van der Waals surface area contributed by atoms with Crippen molar-refractivity contribution in [3.05, 3.63) is 51.6 Å². The van der Waals surface area contributed by atoms with Crippen LogP contribution in [-0.2, 0) is 0 Å². The van der Waals surface area contributed by atoms with Crippen LogP contribution < -0.4 is 10.5 Å². The van der Waals surface area contributed by atoms with Crippen LogP contribution in [0.2, 0.25) is 0 Å². The van der Waals surface area contributed by atoms with Gasteiger partial charge in [0.2, 0.25) is 5.82 Å². The Balaban J connectivity index is 1.62. The Kier molecular flexibility index (Phi) is 5.58. The lowest BCUT2D eigenvalue weighted by atomic mass is 9.94. The molecule has 1 aromatic carbocycles. The summed E-state index contributed by atoms with van der Waals surface area (Å²) < 4.78 is 1.99. The molecule has 3 aromatic rings. The monoisotopic (exact) mass is 423 g/mol. The van der Waals surface area contributed by atoms with Gasteiger partial charge in [0.1, 0.15) is 0 Å². The number of aryl methyl sites for hydroxylation is 1. The molecule has 1 saturated carbocycles. The number of aromatic amines is 1. The van der Waals surface area contributed by atoms with E-state index in [9.17, 15) is 9.90 Å². The maximum Gasteiger partial charge on any atom is 0.258 e. The summed E-state index contributed by atoms with van der Waals surface area (Å²) in [6, 6.07) is 8.13. The number of piperidine rings is 1. The minimum absolute atomic E-state index is 0.0850. The maximum atomic E-state index is 13.3. The van der Waals surface area contributed by atoms with Gasteiger partial charge in [-0.05, 0) is 53.8 Å². The molecular formula is C23H31N6O2+. The van der Waals surface area contributed by atoms with Crippen LogP contribution in [0.3, 0.4) is 0 Å². The van der Waals surface area contributed by atoms with E-state index in [0.29, 0.717) is 5.56 Å². The molecule has 8 heteroatoms. The van der Waals surface area contributed by atoms with Gasteiger partial charge in [0.05, 0.1) is 30.8 Å². The number of fused-ring (bicyclic) bond motifs is 1. The topological polar surface area (TPSA) is 101 Å². The number of tetrazole rings is 1. The van der Waals surface area contributed by atoms with Gasteiger partial charge in [-0.15, -0.1) is 5.10 Å². The Bertz CT molecular complexity index is 1110. The summed E-state index contributed by atoms with van der Waals surface area (Å²) in [5.41, 5.74) is 2.62. The lowest BCUT2D eigenvalue weighted by Crippen LogP contribution is -3.14. The van der Waals surface area contributed by atoms with Crippen molar-refractivity contribution in [1.29, 1.82) is 0 Å². The van der Waals surface area contributed by atoms with Gasteiger partial charge in [-0.3, -0.25) is 4.79 Å². The first-order valence-corrected chi connectivity index (χ1v) is 11.5. The molecule has 164 valence electrons. The third-order valence-corrected chi connectivity index (χ3v) is 7.04. The second kappa shape index (κ2) is 8.51. The smallest absolute Gasteiger partial charge is 0.258 e. The number of hydrogen-bond acceptors (Lipinski definition) is 5. The van der Waals surface area contributed by atoms with E-state index in [1.807, 2.05) is 22.9 Å². The number of pyridine rings is 1. The third-order valence-electron chi connectivity index (χ3n) is 7.04. The van der Waals surface area contributed by atoms with E-state index in [2.05, 4.69) is 33.5 Å². The highest BCUT2D eigenvalue weighted by molar-refractivity contribution is 5.79. The zero-order valence-corrected chi connectivity index (χ0v) is 18.0. The SMILES string of the molecule is Cc1ccc2[nH]c(=O)c([C@@H](c3nnnn3C3CCCCC3)[NH+]3CCC(O)CC3)cc2c1. The molecule has 0 radical (unpaired) electrons. The molecule has 1 saturated heterocycles. The summed E-state index contributed by atoms with van der Waals surface area (Å²) in [5, 5.41) is 24.0. The zero-order chi connectivity index (χ0) is 21.4. The van der Waals surface area contributed by atoms with E-state index in [-0.39, 0.29) is 23.7 Å². The fourth-order valence-corrected chi connectivity index (χ4v) is 5.34. The number of H-pyrrole nitrogens is 1. The average molecular weight is 424 g/mol. The molecule has 5 rings (SSSR count). The first kappa shape index (κ1) is 20.3. The van der Waals surface area contributed by atoms with Crippen LogP contribution in [0.15, 0.2) is 29.1 Å². The normalized spacial score (nSPS) is 23.8. The van der Waals surface area contributed by atoms with Crippen molar-refractivity contribution >= 4 is 10.9 Å². The quantitative estimate of drug-likeness (QED) is 0.590. The second-order valence-electron chi connectivity index (χ2n) is 9.24. The number of nitrogens with one attached hydrogen (secondary N) is 2. The Morgan fingerprint density at radius 3 is 2.68 bits per heavy atom. The van der Waals surface area contributed by atoms with Gasteiger partial charge < -0.3 is 15.0 Å². The Labute approximate surface area is 181 Å². The van der Waals surface area contributed by atoms with Gasteiger partial charge >= 0.3 is 0 Å². The summed E-state index contributed by atoms with van der Waals surface area (Å²) in [4.78, 5) is 17.6. The molecular weight excluding hydrogens is 392 g/mol. The summed E-state index contributed by atoms with van der Waals surface area (Å²) in [6.45, 7) is 3.63. The lowest BCUT2D eigenvalue weighted by Gasteiger charge is -2.33. The Hall–Kier alpha value is -2.58. The number of aliphatic hydroxyl groups is 1. The van der Waals surface area contributed by atoms with Crippen molar-refractivity contribution < 1.29 is 10.0 Å². The van der Waals surface area contributed by atoms with E-state index in [1.165, 1.54) is 24.2 Å². The minimum atomic E-state index is -0.267. The predicted octanol–water partition coefficient (Wildman–Crippen LogP) is 1.46. The molecule has 0 spiro atoms. The van der Waals surface area contributed by atoms with Gasteiger partial charge in [-0.2, -0.15) is 0 Å². The molecule has 1 aliphatic heterocycles. The molecule has 8 nitrogen and oxygen atoms in total. The maximum absolute atomic E-state index is 13.3. The molecule has 31 heavy (non-hydrogen) atoms. The summed E-state index contributed by atoms with van der Waals surface area (Å²) in [5.74, 6) is 0.774. The molecule has 0 bridgehead atoms. The van der Waals surface area contributed by atoms with Crippen LogP contribution in [-0.4, -0.2) is 49.5 Å². The third kappa shape index (κ3) is 4.02. The fourth-order valence-electron chi connectivity index (χ4n) is 5.34. The van der Waals surface area contributed by atoms with Crippen molar-refractivity contribution in [2.75, 3.05) is 13.1 Å². The van der Waals surface area contributed by atoms with E-state index in [4.69, 9.17) is 0 Å². The van der Waals surface area contributed by atoms with E-state index < -0.39 is 0 Å². The lowest BCUT2D eigenvalue weighted by molar-refractivity contribution is -0.932. The van der Waals surface area contributed by atoms with Gasteiger partial charge in [0.15, 0.2) is 6.04 Å². The highest BCUT2D eigenvalue weighted by atomic mass is 16.3. The summed E-state index contributed by atoms with van der Waals surface area (Å²) >= 11 is 0. The van der Waals surface area contributed by atoms with Crippen LogP contribution in [0.4, 0.5) is 0 Å². The summed E-state index contributed by atoms with van der Waals surface area (Å²) in [7, 11) is 0. The Morgan fingerprint density at radius 2 is 1.90 bits per heavy atom. The molecule has 2 aromatic heterocycles.